The van der Waals surface area contributed by atoms with Gasteiger partial charge < -0.3 is 14.8 Å². The van der Waals surface area contributed by atoms with Gasteiger partial charge >= 0.3 is 5.97 Å². The van der Waals surface area contributed by atoms with E-state index in [4.69, 9.17) is 9.47 Å². The first-order valence-electron chi connectivity index (χ1n) is 5.37. The first-order valence-corrected chi connectivity index (χ1v) is 5.37. The van der Waals surface area contributed by atoms with Gasteiger partial charge in [0, 0.05) is 13.1 Å². The summed E-state index contributed by atoms with van der Waals surface area (Å²) in [6.07, 6.45) is 0.326. The third-order valence-electron chi connectivity index (χ3n) is 2.17. The average molecular weight is 215 g/mol. The first-order chi connectivity index (χ1) is 6.81. The van der Waals surface area contributed by atoms with Crippen molar-refractivity contribution >= 4 is 5.97 Å². The van der Waals surface area contributed by atoms with E-state index < -0.39 is 5.60 Å². The molecule has 15 heavy (non-hydrogen) atoms. The molecule has 1 heterocycles. The third-order valence-corrected chi connectivity index (χ3v) is 2.17. The highest BCUT2D eigenvalue weighted by atomic mass is 16.6. The Balaban J connectivity index is 2.12. The average Bonchev–Trinajstić information content (AvgIpc) is 1.97. The number of esters is 1. The van der Waals surface area contributed by atoms with Gasteiger partial charge in [-0.2, -0.15) is 0 Å². The van der Waals surface area contributed by atoms with Crippen LogP contribution in [0.1, 0.15) is 34.1 Å². The lowest BCUT2D eigenvalue weighted by molar-refractivity contribution is -0.158. The molecular formula is C11H21NO3. The SMILES string of the molecule is CC(C)(C)OC(=O)CCOC1(C)CNC1. The van der Waals surface area contributed by atoms with E-state index in [1.54, 1.807) is 0 Å². The Morgan fingerprint density at radius 2 is 2.00 bits per heavy atom. The molecule has 0 aliphatic carbocycles. The number of nitrogens with one attached hydrogen (secondary N) is 1. The summed E-state index contributed by atoms with van der Waals surface area (Å²) >= 11 is 0. The molecule has 0 aromatic heterocycles. The molecule has 0 saturated carbocycles. The van der Waals surface area contributed by atoms with Gasteiger partial charge in [0.15, 0.2) is 0 Å². The van der Waals surface area contributed by atoms with Crippen LogP contribution in [0.15, 0.2) is 0 Å². The number of hydrogen-bond donors (Lipinski definition) is 1. The molecule has 4 nitrogen and oxygen atoms in total. The molecule has 0 unspecified atom stereocenters. The van der Waals surface area contributed by atoms with Crippen LogP contribution in [0.4, 0.5) is 0 Å². The lowest BCUT2D eigenvalue weighted by Crippen LogP contribution is -2.59. The molecular weight excluding hydrogens is 194 g/mol. The summed E-state index contributed by atoms with van der Waals surface area (Å²) < 4.78 is 10.8. The number of rotatable bonds is 4. The molecule has 1 aliphatic rings. The minimum absolute atomic E-state index is 0.0813. The molecule has 0 atom stereocenters. The van der Waals surface area contributed by atoms with Crippen molar-refractivity contribution < 1.29 is 14.3 Å². The quantitative estimate of drug-likeness (QED) is 0.713. The van der Waals surface area contributed by atoms with Crippen LogP contribution in [-0.4, -0.2) is 36.9 Å². The molecule has 0 spiro atoms. The Kier molecular flexibility index (Phi) is 3.73. The second-order valence-corrected chi connectivity index (χ2v) is 5.24. The fraction of sp³-hybridized carbons (Fsp3) is 0.909. The van der Waals surface area contributed by atoms with E-state index in [-0.39, 0.29) is 11.6 Å². The van der Waals surface area contributed by atoms with E-state index >= 15 is 0 Å². The van der Waals surface area contributed by atoms with Crippen LogP contribution in [0.3, 0.4) is 0 Å². The van der Waals surface area contributed by atoms with Gasteiger partial charge in [0.25, 0.3) is 0 Å². The van der Waals surface area contributed by atoms with Crippen molar-refractivity contribution in [2.24, 2.45) is 0 Å². The van der Waals surface area contributed by atoms with Crippen molar-refractivity contribution in [3.05, 3.63) is 0 Å². The second-order valence-electron chi connectivity index (χ2n) is 5.24. The molecule has 1 fully saturated rings. The van der Waals surface area contributed by atoms with Crippen LogP contribution in [0.25, 0.3) is 0 Å². The van der Waals surface area contributed by atoms with Crippen LogP contribution in [0.5, 0.6) is 0 Å². The molecule has 1 aliphatic heterocycles. The molecule has 0 aromatic carbocycles. The number of ether oxygens (including phenoxy) is 2. The van der Waals surface area contributed by atoms with Crippen molar-refractivity contribution in [1.29, 1.82) is 0 Å². The topological polar surface area (TPSA) is 47.6 Å². The van der Waals surface area contributed by atoms with E-state index in [0.717, 1.165) is 13.1 Å². The summed E-state index contributed by atoms with van der Waals surface area (Å²) in [6.45, 7) is 9.79. The van der Waals surface area contributed by atoms with Gasteiger partial charge in [-0.05, 0) is 27.7 Å². The molecule has 0 radical (unpaired) electrons. The van der Waals surface area contributed by atoms with E-state index in [1.807, 2.05) is 27.7 Å². The standard InChI is InChI=1S/C11H21NO3/c1-10(2,3)15-9(13)5-6-14-11(4)7-12-8-11/h12H,5-8H2,1-4H3. The van der Waals surface area contributed by atoms with E-state index in [1.165, 1.54) is 0 Å². The largest absolute Gasteiger partial charge is 0.460 e. The number of hydrogen-bond acceptors (Lipinski definition) is 4. The zero-order chi connectivity index (χ0) is 11.5. The van der Waals surface area contributed by atoms with Crippen molar-refractivity contribution in [2.75, 3.05) is 19.7 Å². The molecule has 1 saturated heterocycles. The number of carbonyl (C=O) groups is 1. The monoisotopic (exact) mass is 215 g/mol. The maximum atomic E-state index is 11.3. The molecule has 4 heteroatoms. The van der Waals surface area contributed by atoms with Gasteiger partial charge in [-0.15, -0.1) is 0 Å². The normalized spacial score (nSPS) is 19.5. The van der Waals surface area contributed by atoms with Crippen LogP contribution in [0, 0.1) is 0 Å². The number of carbonyl (C=O) groups excluding carboxylic acids is 1. The minimum atomic E-state index is -0.404. The molecule has 1 N–H and O–H groups in total. The Hall–Kier alpha value is -0.610. The van der Waals surface area contributed by atoms with E-state index in [2.05, 4.69) is 5.32 Å². The van der Waals surface area contributed by atoms with Gasteiger partial charge in [0.2, 0.25) is 0 Å². The summed E-state index contributed by atoms with van der Waals surface area (Å²) in [5.74, 6) is -0.196. The van der Waals surface area contributed by atoms with Crippen LogP contribution < -0.4 is 5.32 Å². The van der Waals surface area contributed by atoms with Crippen molar-refractivity contribution in [1.82, 2.24) is 5.32 Å². The van der Waals surface area contributed by atoms with Crippen molar-refractivity contribution in [3.63, 3.8) is 0 Å². The van der Waals surface area contributed by atoms with Gasteiger partial charge in [0.05, 0.1) is 18.6 Å². The maximum absolute atomic E-state index is 11.3. The highest BCUT2D eigenvalue weighted by Crippen LogP contribution is 2.16. The smallest absolute Gasteiger partial charge is 0.308 e. The van der Waals surface area contributed by atoms with Gasteiger partial charge in [-0.3, -0.25) is 4.79 Å². The highest BCUT2D eigenvalue weighted by molar-refractivity contribution is 5.69. The first kappa shape index (κ1) is 12.5. The van der Waals surface area contributed by atoms with Gasteiger partial charge in [-0.1, -0.05) is 0 Å². The molecule has 88 valence electrons. The molecule has 0 aromatic rings. The summed E-state index contributed by atoms with van der Waals surface area (Å²) in [4.78, 5) is 11.3. The zero-order valence-electron chi connectivity index (χ0n) is 10.1. The Bertz CT molecular complexity index is 228. The van der Waals surface area contributed by atoms with Crippen LogP contribution in [0.2, 0.25) is 0 Å². The predicted octanol–water partition coefficient (Wildman–Crippen LogP) is 1.10. The summed E-state index contributed by atoms with van der Waals surface area (Å²) in [5, 5.41) is 3.14. The summed E-state index contributed by atoms with van der Waals surface area (Å²) in [5.41, 5.74) is -0.485. The molecule has 0 bridgehead atoms. The predicted molar refractivity (Wildman–Crippen MR) is 57.7 cm³/mol. The van der Waals surface area contributed by atoms with Crippen molar-refractivity contribution in [3.8, 4) is 0 Å². The van der Waals surface area contributed by atoms with Crippen LogP contribution >= 0.6 is 0 Å². The summed E-state index contributed by atoms with van der Waals surface area (Å²) in [7, 11) is 0. The van der Waals surface area contributed by atoms with E-state index in [0.29, 0.717) is 13.0 Å². The maximum Gasteiger partial charge on any atom is 0.308 e. The minimum Gasteiger partial charge on any atom is -0.460 e. The molecule has 1 rings (SSSR count). The Labute approximate surface area is 91.3 Å². The highest BCUT2D eigenvalue weighted by Gasteiger charge is 2.32. The summed E-state index contributed by atoms with van der Waals surface area (Å²) in [6, 6.07) is 0. The third kappa shape index (κ3) is 4.62. The fourth-order valence-corrected chi connectivity index (χ4v) is 1.35. The van der Waals surface area contributed by atoms with Gasteiger partial charge in [0.1, 0.15) is 5.60 Å². The van der Waals surface area contributed by atoms with Crippen LogP contribution in [-0.2, 0) is 14.3 Å². The van der Waals surface area contributed by atoms with Crippen molar-refractivity contribution in [2.45, 2.75) is 45.3 Å². The lowest BCUT2D eigenvalue weighted by atomic mass is 10.0. The fourth-order valence-electron chi connectivity index (χ4n) is 1.35. The lowest BCUT2D eigenvalue weighted by Gasteiger charge is -2.39. The second kappa shape index (κ2) is 4.49. The molecule has 0 amide bonds. The zero-order valence-corrected chi connectivity index (χ0v) is 10.1. The van der Waals surface area contributed by atoms with E-state index in [9.17, 15) is 4.79 Å². The van der Waals surface area contributed by atoms with Gasteiger partial charge in [-0.25, -0.2) is 0 Å². The Morgan fingerprint density at radius 3 is 2.40 bits per heavy atom. The Morgan fingerprint density at radius 1 is 1.40 bits per heavy atom.